The van der Waals surface area contributed by atoms with E-state index >= 15 is 0 Å². The number of ketones is 1. The van der Waals surface area contributed by atoms with Gasteiger partial charge in [0.1, 0.15) is 11.2 Å². The maximum absolute atomic E-state index is 13.5. The number of carbonyl (C=O) groups is 1. The summed E-state index contributed by atoms with van der Waals surface area (Å²) in [6, 6.07) is 16.9. The second kappa shape index (κ2) is 8.33. The molecule has 3 heterocycles. The first-order valence-corrected chi connectivity index (χ1v) is 10.7. The Morgan fingerprint density at radius 2 is 1.97 bits per heavy atom. The van der Waals surface area contributed by atoms with Gasteiger partial charge in [0.15, 0.2) is 0 Å². The maximum Gasteiger partial charge on any atom is 0.295 e. The summed E-state index contributed by atoms with van der Waals surface area (Å²) < 4.78 is 5.28. The highest BCUT2D eigenvalue weighted by Gasteiger charge is 2.43. The molecule has 2 unspecified atom stereocenters. The molecule has 2 aromatic carbocycles. The smallest absolute Gasteiger partial charge is 0.295 e. The highest BCUT2D eigenvalue weighted by atomic mass is 35.5. The molecule has 7 nitrogen and oxygen atoms in total. The Kier molecular flexibility index (Phi) is 5.36. The van der Waals surface area contributed by atoms with Crippen LogP contribution < -0.4 is 4.90 Å². The largest absolute Gasteiger partial charge is 0.350 e. The minimum absolute atomic E-state index is 0.109. The summed E-state index contributed by atoms with van der Waals surface area (Å²) in [5, 5.41) is 12.3. The number of halogens is 2. The molecule has 5 rings (SSSR count). The van der Waals surface area contributed by atoms with Crippen molar-refractivity contribution in [2.45, 2.75) is 24.9 Å². The van der Waals surface area contributed by atoms with Gasteiger partial charge in [-0.1, -0.05) is 58.2 Å². The molecule has 2 atom stereocenters. The average molecular weight is 466 g/mol. The van der Waals surface area contributed by atoms with Crippen molar-refractivity contribution in [3.63, 3.8) is 0 Å². The van der Waals surface area contributed by atoms with Crippen molar-refractivity contribution in [1.82, 2.24) is 20.3 Å². The van der Waals surface area contributed by atoms with Crippen molar-refractivity contribution in [3.8, 4) is 11.5 Å². The minimum Gasteiger partial charge on any atom is -0.350 e. The van der Waals surface area contributed by atoms with Crippen LogP contribution in [0.15, 0.2) is 65.3 Å². The predicted molar refractivity (Wildman–Crippen MR) is 121 cm³/mol. The van der Waals surface area contributed by atoms with E-state index in [1.54, 1.807) is 18.3 Å². The van der Waals surface area contributed by atoms with Crippen LogP contribution >= 0.6 is 23.2 Å². The Hall–Kier alpha value is -3.29. The fourth-order valence-electron chi connectivity index (χ4n) is 3.85. The summed E-state index contributed by atoms with van der Waals surface area (Å²) in [5.41, 5.74) is 3.60. The number of benzene rings is 2. The van der Waals surface area contributed by atoms with E-state index in [0.29, 0.717) is 17.3 Å². The Balaban J connectivity index is 1.48. The molecule has 4 aromatic rings. The zero-order valence-corrected chi connectivity index (χ0v) is 18.5. The van der Waals surface area contributed by atoms with Gasteiger partial charge in [-0.05, 0) is 48.4 Å². The predicted octanol–water partition coefficient (Wildman–Crippen LogP) is 5.04. The van der Waals surface area contributed by atoms with Crippen LogP contribution in [0, 0.1) is 6.92 Å². The molecule has 0 spiro atoms. The average Bonchev–Trinajstić information content (AvgIpc) is 3.39. The number of Topliss-reactive ketones (excluding diaryl/α,β-unsaturated/α-hetero) is 1. The zero-order valence-electron chi connectivity index (χ0n) is 16.9. The molecule has 0 fully saturated rings. The maximum atomic E-state index is 13.5. The second-order valence-corrected chi connectivity index (χ2v) is 8.45. The van der Waals surface area contributed by atoms with Crippen LogP contribution in [0.5, 0.6) is 0 Å². The number of aryl methyl sites for hydroxylation is 1. The lowest BCUT2D eigenvalue weighted by molar-refractivity contribution is 0.0917. The van der Waals surface area contributed by atoms with Crippen LogP contribution in [0.3, 0.4) is 0 Å². The number of aromatic nitrogens is 4. The Bertz CT molecular complexity index is 1280. The van der Waals surface area contributed by atoms with Gasteiger partial charge in [-0.2, -0.15) is 10.1 Å². The molecular weight excluding hydrogens is 449 g/mol. The molecule has 0 amide bonds. The Morgan fingerprint density at radius 1 is 1.16 bits per heavy atom. The van der Waals surface area contributed by atoms with Crippen LogP contribution in [0.2, 0.25) is 5.02 Å². The van der Waals surface area contributed by atoms with E-state index in [9.17, 15) is 4.79 Å². The van der Waals surface area contributed by atoms with E-state index < -0.39 is 11.4 Å². The third kappa shape index (κ3) is 3.74. The summed E-state index contributed by atoms with van der Waals surface area (Å²) >= 11 is 12.9. The highest BCUT2D eigenvalue weighted by molar-refractivity contribution is 6.30. The van der Waals surface area contributed by atoms with Gasteiger partial charge in [-0.25, -0.2) is 0 Å². The fourth-order valence-corrected chi connectivity index (χ4v) is 4.40. The second-order valence-electron chi connectivity index (χ2n) is 7.56. The molecular formula is C23H17Cl2N5O2. The fraction of sp³-hybridized carbons (Fsp3) is 0.174. The summed E-state index contributed by atoms with van der Waals surface area (Å²) in [4.78, 5) is 19.7. The van der Waals surface area contributed by atoms with E-state index in [-0.39, 0.29) is 17.5 Å². The lowest BCUT2D eigenvalue weighted by atomic mass is 9.95. The molecule has 0 bridgehead atoms. The van der Waals surface area contributed by atoms with Crippen LogP contribution in [0.4, 0.5) is 5.69 Å². The third-order valence-electron chi connectivity index (χ3n) is 5.39. The van der Waals surface area contributed by atoms with Gasteiger partial charge in [0.25, 0.3) is 5.89 Å². The topological polar surface area (TPSA) is 85.0 Å². The van der Waals surface area contributed by atoms with E-state index in [2.05, 4.69) is 20.3 Å². The van der Waals surface area contributed by atoms with Gasteiger partial charge >= 0.3 is 0 Å². The number of alkyl halides is 1. The quantitative estimate of drug-likeness (QED) is 0.231. The summed E-state index contributed by atoms with van der Waals surface area (Å²) in [6.45, 7) is 2.51. The Morgan fingerprint density at radius 3 is 2.72 bits per heavy atom. The van der Waals surface area contributed by atoms with Gasteiger partial charge < -0.3 is 9.42 Å². The number of fused-ring (bicyclic) bond motifs is 1. The number of hydrogen-bond donors (Lipinski definition) is 0. The third-order valence-corrected chi connectivity index (χ3v) is 6.13. The molecule has 0 aliphatic carbocycles. The van der Waals surface area contributed by atoms with Crippen LogP contribution in [0.1, 0.15) is 33.3 Å². The van der Waals surface area contributed by atoms with Crippen molar-refractivity contribution in [2.24, 2.45) is 0 Å². The van der Waals surface area contributed by atoms with Crippen LogP contribution in [0.25, 0.3) is 11.5 Å². The zero-order chi connectivity index (χ0) is 22.2. The van der Waals surface area contributed by atoms with E-state index in [0.717, 1.165) is 22.4 Å². The van der Waals surface area contributed by atoms with Crippen molar-refractivity contribution in [1.29, 1.82) is 0 Å². The first-order chi connectivity index (χ1) is 15.5. The molecule has 160 valence electrons. The van der Waals surface area contributed by atoms with Gasteiger partial charge in [0, 0.05) is 23.5 Å². The normalized spacial score (nSPS) is 17.4. The van der Waals surface area contributed by atoms with Gasteiger partial charge in [0.2, 0.25) is 11.6 Å². The van der Waals surface area contributed by atoms with Gasteiger partial charge in [0.05, 0.1) is 5.92 Å². The monoisotopic (exact) mass is 465 g/mol. The minimum atomic E-state index is -0.658. The number of anilines is 1. The van der Waals surface area contributed by atoms with Gasteiger partial charge in [-0.3, -0.25) is 4.79 Å². The van der Waals surface area contributed by atoms with E-state index in [4.69, 9.17) is 27.7 Å². The molecule has 1 aliphatic rings. The standard InChI is InChI=1S/C23H17Cl2N5O2/c1-13-4-9-18-16(11-13)19(21(25)30(18)12-14-5-7-15(24)8-6-14)20(31)23-27-22(29-32-23)17-3-2-10-26-28-17/h2-11,19,21H,12H2,1H3. The lowest BCUT2D eigenvalue weighted by Gasteiger charge is -2.25. The molecule has 0 saturated heterocycles. The molecule has 1 aliphatic heterocycles. The van der Waals surface area contributed by atoms with Gasteiger partial charge in [-0.15, -0.1) is 5.10 Å². The molecule has 2 aromatic heterocycles. The molecule has 0 saturated carbocycles. The van der Waals surface area contributed by atoms with Crippen molar-refractivity contribution < 1.29 is 9.32 Å². The molecule has 0 N–H and O–H groups in total. The summed E-state index contributed by atoms with van der Waals surface area (Å²) in [5.74, 6) is -0.901. The first kappa shape index (κ1) is 20.6. The number of carbonyl (C=O) groups excluding carboxylic acids is 1. The van der Waals surface area contributed by atoms with Crippen molar-refractivity contribution in [2.75, 3.05) is 4.90 Å². The van der Waals surface area contributed by atoms with E-state index in [1.165, 1.54) is 0 Å². The van der Waals surface area contributed by atoms with Crippen molar-refractivity contribution in [3.05, 3.63) is 88.4 Å². The number of rotatable bonds is 5. The first-order valence-electron chi connectivity index (χ1n) is 9.93. The number of hydrogen-bond acceptors (Lipinski definition) is 7. The summed E-state index contributed by atoms with van der Waals surface area (Å²) in [7, 11) is 0. The van der Waals surface area contributed by atoms with Crippen molar-refractivity contribution >= 4 is 34.7 Å². The molecule has 9 heteroatoms. The van der Waals surface area contributed by atoms with Crippen LogP contribution in [-0.4, -0.2) is 31.6 Å². The number of nitrogens with zero attached hydrogens (tertiary/aromatic N) is 5. The highest BCUT2D eigenvalue weighted by Crippen LogP contribution is 2.45. The Labute approximate surface area is 194 Å². The molecule has 0 radical (unpaired) electrons. The molecule has 32 heavy (non-hydrogen) atoms. The SMILES string of the molecule is Cc1ccc2c(c1)C(C(=O)c1nc(-c3cccnn3)no1)C(Cl)N2Cc1ccc(Cl)cc1. The lowest BCUT2D eigenvalue weighted by Crippen LogP contribution is -2.32. The van der Waals surface area contributed by atoms with E-state index in [1.807, 2.05) is 54.3 Å². The van der Waals surface area contributed by atoms with Crippen LogP contribution in [-0.2, 0) is 6.54 Å². The summed E-state index contributed by atoms with van der Waals surface area (Å²) in [6.07, 6.45) is 1.54.